The summed E-state index contributed by atoms with van der Waals surface area (Å²) < 4.78 is 5.51. The molecule has 0 aliphatic carbocycles. The monoisotopic (exact) mass is 286 g/mol. The van der Waals surface area contributed by atoms with Crippen molar-refractivity contribution in [1.82, 2.24) is 4.90 Å². The lowest BCUT2D eigenvalue weighted by Gasteiger charge is -2.43. The van der Waals surface area contributed by atoms with Crippen molar-refractivity contribution in [3.05, 3.63) is 0 Å². The van der Waals surface area contributed by atoms with Crippen LogP contribution in [0.5, 0.6) is 0 Å². The summed E-state index contributed by atoms with van der Waals surface area (Å²) in [6, 6.07) is 0.0462. The van der Waals surface area contributed by atoms with E-state index in [-0.39, 0.29) is 24.7 Å². The summed E-state index contributed by atoms with van der Waals surface area (Å²) in [5.41, 5.74) is 5.52. The lowest BCUT2D eigenvalue weighted by atomic mass is 9.77. The molecule has 1 heterocycles. The second-order valence-corrected chi connectivity index (χ2v) is 5.93. The van der Waals surface area contributed by atoms with Gasteiger partial charge < -0.3 is 20.5 Å². The Hall–Kier alpha value is -0.650. The number of carbonyl (C=O) groups excluding carboxylic acids is 1. The molecule has 5 heteroatoms. The highest BCUT2D eigenvalue weighted by molar-refractivity contribution is 5.83. The number of hydrogen-bond donors (Lipinski definition) is 2. The van der Waals surface area contributed by atoms with Crippen LogP contribution in [-0.4, -0.2) is 54.4 Å². The number of amides is 1. The predicted octanol–water partition coefficient (Wildman–Crippen LogP) is 1.14. The standard InChI is InChI=1S/C15H30N2O3/c1-4-6-15(11-16,7-5-2)14(19)17-8-13(9-18)20-10-12(17)3/h12-13,18H,4-11,16H2,1-3H3. The zero-order chi connectivity index (χ0) is 15.2. The summed E-state index contributed by atoms with van der Waals surface area (Å²) in [5, 5.41) is 9.26. The van der Waals surface area contributed by atoms with Crippen LogP contribution in [0.25, 0.3) is 0 Å². The summed E-state index contributed by atoms with van der Waals surface area (Å²) in [6.07, 6.45) is 3.28. The molecule has 5 nitrogen and oxygen atoms in total. The highest BCUT2D eigenvalue weighted by Crippen LogP contribution is 2.33. The summed E-state index contributed by atoms with van der Waals surface area (Å²) in [7, 11) is 0. The van der Waals surface area contributed by atoms with E-state index in [1.807, 2.05) is 11.8 Å². The van der Waals surface area contributed by atoms with Gasteiger partial charge in [-0.1, -0.05) is 26.7 Å². The van der Waals surface area contributed by atoms with Crippen LogP contribution >= 0.6 is 0 Å². The number of ether oxygens (including phenoxy) is 1. The number of rotatable bonds is 7. The molecule has 118 valence electrons. The fourth-order valence-corrected chi connectivity index (χ4v) is 3.10. The van der Waals surface area contributed by atoms with Crippen molar-refractivity contribution in [2.75, 3.05) is 26.3 Å². The van der Waals surface area contributed by atoms with E-state index in [1.54, 1.807) is 0 Å². The number of aliphatic hydroxyl groups is 1. The maximum absolute atomic E-state index is 13.0. The van der Waals surface area contributed by atoms with E-state index in [9.17, 15) is 9.90 Å². The smallest absolute Gasteiger partial charge is 0.230 e. The molecule has 0 aromatic heterocycles. The summed E-state index contributed by atoms with van der Waals surface area (Å²) in [4.78, 5) is 14.9. The van der Waals surface area contributed by atoms with E-state index in [2.05, 4.69) is 13.8 Å². The highest BCUT2D eigenvalue weighted by Gasteiger charge is 2.41. The molecule has 2 atom stereocenters. The number of aliphatic hydroxyl groups excluding tert-OH is 1. The SMILES string of the molecule is CCCC(CN)(CCC)C(=O)N1CC(CO)OCC1C. The molecule has 20 heavy (non-hydrogen) atoms. The van der Waals surface area contributed by atoms with E-state index in [0.717, 1.165) is 25.7 Å². The van der Waals surface area contributed by atoms with Crippen molar-refractivity contribution in [1.29, 1.82) is 0 Å². The largest absolute Gasteiger partial charge is 0.394 e. The third-order valence-electron chi connectivity index (χ3n) is 4.27. The number of nitrogens with two attached hydrogens (primary N) is 1. The summed E-state index contributed by atoms with van der Waals surface area (Å²) in [6.45, 7) is 7.46. The number of hydrogen-bond acceptors (Lipinski definition) is 4. The van der Waals surface area contributed by atoms with Crippen molar-refractivity contribution >= 4 is 5.91 Å². The maximum Gasteiger partial charge on any atom is 0.230 e. The molecule has 0 aromatic rings. The zero-order valence-electron chi connectivity index (χ0n) is 13.1. The first-order chi connectivity index (χ1) is 9.54. The molecule has 1 rings (SSSR count). The minimum absolute atomic E-state index is 0.0462. The topological polar surface area (TPSA) is 75.8 Å². The first-order valence-corrected chi connectivity index (χ1v) is 7.78. The lowest BCUT2D eigenvalue weighted by molar-refractivity contribution is -0.157. The molecule has 0 radical (unpaired) electrons. The minimum atomic E-state index is -0.449. The third-order valence-corrected chi connectivity index (χ3v) is 4.27. The molecule has 1 fully saturated rings. The van der Waals surface area contributed by atoms with Crippen molar-refractivity contribution in [2.45, 2.75) is 58.6 Å². The van der Waals surface area contributed by atoms with Gasteiger partial charge in [0.2, 0.25) is 5.91 Å². The van der Waals surface area contributed by atoms with Gasteiger partial charge in [-0.3, -0.25) is 4.79 Å². The van der Waals surface area contributed by atoms with E-state index in [0.29, 0.717) is 19.7 Å². The lowest BCUT2D eigenvalue weighted by Crippen LogP contribution is -2.57. The van der Waals surface area contributed by atoms with Crippen molar-refractivity contribution in [2.24, 2.45) is 11.1 Å². The Morgan fingerprint density at radius 1 is 1.40 bits per heavy atom. The van der Waals surface area contributed by atoms with E-state index < -0.39 is 5.41 Å². The Labute approximate surface area is 122 Å². The van der Waals surface area contributed by atoms with Crippen molar-refractivity contribution in [3.63, 3.8) is 0 Å². The number of carbonyl (C=O) groups is 1. The van der Waals surface area contributed by atoms with Crippen LogP contribution < -0.4 is 5.73 Å². The van der Waals surface area contributed by atoms with Gasteiger partial charge >= 0.3 is 0 Å². The van der Waals surface area contributed by atoms with Crippen LogP contribution in [0.3, 0.4) is 0 Å². The second kappa shape index (κ2) is 7.96. The first kappa shape index (κ1) is 17.4. The molecule has 1 aliphatic rings. The quantitative estimate of drug-likeness (QED) is 0.736. The van der Waals surface area contributed by atoms with Crippen LogP contribution in [0.2, 0.25) is 0 Å². The van der Waals surface area contributed by atoms with Gasteiger partial charge in [-0.2, -0.15) is 0 Å². The van der Waals surface area contributed by atoms with Gasteiger partial charge in [-0.15, -0.1) is 0 Å². The van der Waals surface area contributed by atoms with Gasteiger partial charge in [-0.05, 0) is 19.8 Å². The normalized spacial score (nSPS) is 23.9. The average Bonchev–Trinajstić information content (AvgIpc) is 2.46. The summed E-state index contributed by atoms with van der Waals surface area (Å²) in [5.74, 6) is 0.137. The number of morpholine rings is 1. The molecular formula is C15H30N2O3. The van der Waals surface area contributed by atoms with Crippen LogP contribution in [0.1, 0.15) is 46.5 Å². The Balaban J connectivity index is 2.91. The molecule has 1 aliphatic heterocycles. The van der Waals surface area contributed by atoms with Crippen LogP contribution in [0, 0.1) is 5.41 Å². The zero-order valence-corrected chi connectivity index (χ0v) is 13.1. The molecular weight excluding hydrogens is 256 g/mol. The van der Waals surface area contributed by atoms with Gasteiger partial charge in [0.1, 0.15) is 0 Å². The molecule has 0 saturated carbocycles. The van der Waals surface area contributed by atoms with E-state index in [1.165, 1.54) is 0 Å². The Morgan fingerprint density at radius 3 is 2.45 bits per heavy atom. The first-order valence-electron chi connectivity index (χ1n) is 7.78. The Kier molecular flexibility index (Phi) is 6.92. The van der Waals surface area contributed by atoms with Gasteiger partial charge in [0.15, 0.2) is 0 Å². The predicted molar refractivity (Wildman–Crippen MR) is 79.3 cm³/mol. The van der Waals surface area contributed by atoms with Gasteiger partial charge in [0.05, 0.1) is 30.8 Å². The maximum atomic E-state index is 13.0. The van der Waals surface area contributed by atoms with Crippen molar-refractivity contribution < 1.29 is 14.6 Å². The highest BCUT2D eigenvalue weighted by atomic mass is 16.5. The molecule has 3 N–H and O–H groups in total. The second-order valence-electron chi connectivity index (χ2n) is 5.93. The average molecular weight is 286 g/mol. The number of nitrogens with zero attached hydrogens (tertiary/aromatic N) is 1. The molecule has 0 aromatic carbocycles. The van der Waals surface area contributed by atoms with Gasteiger partial charge in [0, 0.05) is 13.1 Å². The fraction of sp³-hybridized carbons (Fsp3) is 0.933. The molecule has 2 unspecified atom stereocenters. The van der Waals surface area contributed by atoms with Crippen LogP contribution in [0.4, 0.5) is 0 Å². The van der Waals surface area contributed by atoms with E-state index >= 15 is 0 Å². The van der Waals surface area contributed by atoms with Gasteiger partial charge in [0.25, 0.3) is 0 Å². The van der Waals surface area contributed by atoms with Gasteiger partial charge in [-0.25, -0.2) is 0 Å². The molecule has 1 saturated heterocycles. The fourth-order valence-electron chi connectivity index (χ4n) is 3.10. The molecule has 0 spiro atoms. The van der Waals surface area contributed by atoms with Crippen LogP contribution in [-0.2, 0) is 9.53 Å². The Bertz CT molecular complexity index is 303. The molecule has 0 bridgehead atoms. The molecule has 1 amide bonds. The third kappa shape index (κ3) is 3.71. The Morgan fingerprint density at radius 2 is 2.00 bits per heavy atom. The van der Waals surface area contributed by atoms with Crippen LogP contribution in [0.15, 0.2) is 0 Å². The van der Waals surface area contributed by atoms with Crippen molar-refractivity contribution in [3.8, 4) is 0 Å². The summed E-state index contributed by atoms with van der Waals surface area (Å²) >= 11 is 0. The van der Waals surface area contributed by atoms with E-state index in [4.69, 9.17) is 10.5 Å². The minimum Gasteiger partial charge on any atom is -0.394 e.